The number of quaternary nitrogens is 1. The van der Waals surface area contributed by atoms with Gasteiger partial charge in [0.25, 0.3) is 11.8 Å². The Labute approximate surface area is 192 Å². The number of halogens is 1. The molecule has 2 aliphatic rings. The van der Waals surface area contributed by atoms with E-state index in [1.54, 1.807) is 41.3 Å². The van der Waals surface area contributed by atoms with Crippen molar-refractivity contribution in [3.05, 3.63) is 64.3 Å². The lowest BCUT2D eigenvalue weighted by Gasteiger charge is -2.19. The molecule has 2 heterocycles. The van der Waals surface area contributed by atoms with Crippen LogP contribution in [0.3, 0.4) is 0 Å². The van der Waals surface area contributed by atoms with Crippen molar-refractivity contribution in [3.8, 4) is 0 Å². The van der Waals surface area contributed by atoms with Crippen LogP contribution >= 0.6 is 11.8 Å². The van der Waals surface area contributed by atoms with E-state index < -0.39 is 0 Å². The molecule has 0 aliphatic carbocycles. The highest BCUT2D eigenvalue weighted by molar-refractivity contribution is 8.04. The van der Waals surface area contributed by atoms with Gasteiger partial charge in [-0.05, 0) is 56.0 Å². The molecule has 5 nitrogen and oxygen atoms in total. The second-order valence-corrected chi connectivity index (χ2v) is 9.40. The fraction of sp³-hybridized carbons (Fsp3) is 0.360. The quantitative estimate of drug-likeness (QED) is 0.463. The van der Waals surface area contributed by atoms with Crippen molar-refractivity contribution in [2.45, 2.75) is 37.0 Å². The van der Waals surface area contributed by atoms with Crippen LogP contribution in [0.5, 0.6) is 0 Å². The molecule has 2 aromatic rings. The molecule has 0 atom stereocenters. The van der Waals surface area contributed by atoms with Crippen LogP contribution in [0.4, 0.5) is 10.1 Å². The number of rotatable bonds is 6. The maximum Gasteiger partial charge on any atom is 0.262 e. The molecule has 0 saturated carbocycles. The number of hydrogen-bond donors (Lipinski definition) is 3. The van der Waals surface area contributed by atoms with Crippen LogP contribution in [0, 0.1) is 5.82 Å². The molecule has 1 saturated heterocycles. The fourth-order valence-corrected chi connectivity index (χ4v) is 5.08. The largest absolute Gasteiger partial charge is 0.352 e. The summed E-state index contributed by atoms with van der Waals surface area (Å²) in [5.74, 6) is -0.807. The van der Waals surface area contributed by atoms with E-state index in [0.717, 1.165) is 17.9 Å². The molecule has 0 radical (unpaired) electrons. The summed E-state index contributed by atoms with van der Waals surface area (Å²) in [6.07, 6.45) is 7.80. The third-order valence-corrected chi connectivity index (χ3v) is 7.03. The highest BCUT2D eigenvalue weighted by Crippen LogP contribution is 2.39. The average molecular weight is 455 g/mol. The van der Waals surface area contributed by atoms with Gasteiger partial charge in [-0.15, -0.1) is 0 Å². The molecule has 4 rings (SSSR count). The second kappa shape index (κ2) is 10.8. The van der Waals surface area contributed by atoms with E-state index in [2.05, 4.69) is 10.6 Å². The summed E-state index contributed by atoms with van der Waals surface area (Å²) >= 11 is 1.28. The molecule has 7 heteroatoms. The molecule has 32 heavy (non-hydrogen) atoms. The Morgan fingerprint density at radius 2 is 1.91 bits per heavy atom. The van der Waals surface area contributed by atoms with Crippen molar-refractivity contribution in [3.63, 3.8) is 0 Å². The number of carbonyl (C=O) groups excluding carboxylic acids is 2. The van der Waals surface area contributed by atoms with Crippen molar-refractivity contribution in [1.82, 2.24) is 5.32 Å². The third-order valence-electron chi connectivity index (χ3n) is 5.93. The van der Waals surface area contributed by atoms with Crippen molar-refractivity contribution < 1.29 is 18.9 Å². The molecule has 3 N–H and O–H groups in total. The SMILES string of the molecule is O=C1Nc2cc(C(=O)NCCC[NH+]3CCCCCC3)ccc2SC1=Cc1ccccc1F. The normalized spacial score (nSPS) is 18.0. The molecular formula is C25H29FN3O2S+. The van der Waals surface area contributed by atoms with Crippen LogP contribution in [0.1, 0.15) is 48.0 Å². The Balaban J connectivity index is 1.34. The number of amides is 2. The second-order valence-electron chi connectivity index (χ2n) is 8.32. The van der Waals surface area contributed by atoms with E-state index in [4.69, 9.17) is 0 Å². The standard InChI is InChI=1S/C25H28FN3O2S/c26-20-9-4-3-8-18(20)17-23-25(31)28-21-16-19(10-11-22(21)32-23)24(30)27-12-7-15-29-13-5-1-2-6-14-29/h3-4,8-11,16-17H,1-2,5-7,12-15H2,(H,27,30)(H,28,31)/p+1. The molecule has 0 unspecified atom stereocenters. The third kappa shape index (κ3) is 5.78. The zero-order valence-electron chi connectivity index (χ0n) is 18.1. The van der Waals surface area contributed by atoms with Gasteiger partial charge >= 0.3 is 0 Å². The van der Waals surface area contributed by atoms with Crippen LogP contribution in [0.2, 0.25) is 0 Å². The van der Waals surface area contributed by atoms with Crippen molar-refractivity contribution in [2.75, 3.05) is 31.5 Å². The smallest absolute Gasteiger partial charge is 0.262 e. The Hall–Kier alpha value is -2.64. The van der Waals surface area contributed by atoms with E-state index >= 15 is 0 Å². The lowest BCUT2D eigenvalue weighted by atomic mass is 10.1. The van der Waals surface area contributed by atoms with Gasteiger partial charge < -0.3 is 15.5 Å². The van der Waals surface area contributed by atoms with Gasteiger partial charge in [0, 0.05) is 29.0 Å². The van der Waals surface area contributed by atoms with Crippen molar-refractivity contribution >= 4 is 35.3 Å². The molecule has 0 aromatic heterocycles. The van der Waals surface area contributed by atoms with Crippen LogP contribution < -0.4 is 15.5 Å². The number of benzene rings is 2. The van der Waals surface area contributed by atoms with Gasteiger partial charge in [0.1, 0.15) is 5.82 Å². The minimum atomic E-state index is -0.372. The number of nitrogens with one attached hydrogen (secondary N) is 3. The highest BCUT2D eigenvalue weighted by Gasteiger charge is 2.22. The maximum absolute atomic E-state index is 13.9. The number of anilines is 1. The van der Waals surface area contributed by atoms with E-state index in [9.17, 15) is 14.0 Å². The summed E-state index contributed by atoms with van der Waals surface area (Å²) in [6.45, 7) is 4.22. The molecule has 2 aliphatic heterocycles. The molecular weight excluding hydrogens is 425 g/mol. The first-order valence-electron chi connectivity index (χ1n) is 11.3. The lowest BCUT2D eigenvalue weighted by Crippen LogP contribution is -3.11. The van der Waals surface area contributed by atoms with E-state index in [0.29, 0.717) is 28.3 Å². The van der Waals surface area contributed by atoms with E-state index in [-0.39, 0.29) is 17.6 Å². The summed E-state index contributed by atoms with van der Waals surface area (Å²) in [7, 11) is 0. The zero-order chi connectivity index (χ0) is 22.3. The van der Waals surface area contributed by atoms with Crippen LogP contribution in [0.15, 0.2) is 52.3 Å². The van der Waals surface area contributed by atoms with E-state index in [1.165, 1.54) is 56.6 Å². The minimum Gasteiger partial charge on any atom is -0.352 e. The molecule has 2 amide bonds. The first-order valence-corrected chi connectivity index (χ1v) is 12.1. The zero-order valence-corrected chi connectivity index (χ0v) is 18.9. The first-order chi connectivity index (χ1) is 15.6. The van der Waals surface area contributed by atoms with Crippen LogP contribution in [0.25, 0.3) is 6.08 Å². The predicted octanol–water partition coefficient (Wildman–Crippen LogP) is 3.49. The van der Waals surface area contributed by atoms with Gasteiger partial charge in [-0.2, -0.15) is 0 Å². The molecule has 2 aromatic carbocycles. The fourth-order valence-electron chi connectivity index (χ4n) is 4.16. The van der Waals surface area contributed by atoms with E-state index in [1.807, 2.05) is 6.07 Å². The number of likely N-dealkylation sites (tertiary alicyclic amines) is 1. The van der Waals surface area contributed by atoms with Gasteiger partial charge in [0.2, 0.25) is 0 Å². The summed E-state index contributed by atoms with van der Waals surface area (Å²) < 4.78 is 13.9. The van der Waals surface area contributed by atoms with Gasteiger partial charge in [-0.25, -0.2) is 4.39 Å². The summed E-state index contributed by atoms with van der Waals surface area (Å²) in [5.41, 5.74) is 1.49. The topological polar surface area (TPSA) is 62.6 Å². The van der Waals surface area contributed by atoms with Crippen LogP contribution in [-0.2, 0) is 4.79 Å². The summed E-state index contributed by atoms with van der Waals surface area (Å²) in [5, 5.41) is 5.82. The van der Waals surface area contributed by atoms with Crippen molar-refractivity contribution in [2.24, 2.45) is 0 Å². The maximum atomic E-state index is 13.9. The Kier molecular flexibility index (Phi) is 7.60. The summed E-state index contributed by atoms with van der Waals surface area (Å²) in [4.78, 5) is 28.0. The molecule has 168 valence electrons. The first kappa shape index (κ1) is 22.6. The molecule has 0 spiro atoms. The lowest BCUT2D eigenvalue weighted by molar-refractivity contribution is -0.899. The Bertz CT molecular complexity index is 1020. The number of carbonyl (C=O) groups is 2. The number of thioether (sulfide) groups is 1. The minimum absolute atomic E-state index is 0.134. The molecule has 1 fully saturated rings. The predicted molar refractivity (Wildman–Crippen MR) is 126 cm³/mol. The number of fused-ring (bicyclic) bond motifs is 1. The average Bonchev–Trinajstić information content (AvgIpc) is 3.07. The Morgan fingerprint density at radius 1 is 1.12 bits per heavy atom. The number of hydrogen-bond acceptors (Lipinski definition) is 3. The monoisotopic (exact) mass is 454 g/mol. The van der Waals surface area contributed by atoms with Gasteiger partial charge in [0.05, 0.1) is 30.2 Å². The highest BCUT2D eigenvalue weighted by atomic mass is 32.2. The molecule has 0 bridgehead atoms. The van der Waals surface area contributed by atoms with Gasteiger partial charge in [0.15, 0.2) is 0 Å². The Morgan fingerprint density at radius 3 is 2.69 bits per heavy atom. The van der Waals surface area contributed by atoms with Crippen LogP contribution in [-0.4, -0.2) is 38.0 Å². The van der Waals surface area contributed by atoms with Gasteiger partial charge in [-0.1, -0.05) is 30.0 Å². The summed E-state index contributed by atoms with van der Waals surface area (Å²) in [6, 6.07) is 11.6. The van der Waals surface area contributed by atoms with Gasteiger partial charge in [-0.3, -0.25) is 9.59 Å². The van der Waals surface area contributed by atoms with Crippen molar-refractivity contribution in [1.29, 1.82) is 0 Å².